The first-order valence-electron chi connectivity index (χ1n) is 5.40. The van der Waals surface area contributed by atoms with Gasteiger partial charge in [0.05, 0.1) is 0 Å². The predicted molar refractivity (Wildman–Crippen MR) is 64.4 cm³/mol. The Kier molecular flexibility index (Phi) is 6.81. The molecule has 0 aromatic rings. The molecular formula is C11H21O4P. The number of allylic oxidation sites excluding steroid dienone is 2. The van der Waals surface area contributed by atoms with Gasteiger partial charge in [0.1, 0.15) is 11.9 Å². The van der Waals surface area contributed by atoms with Crippen molar-refractivity contribution in [1.82, 2.24) is 0 Å². The van der Waals surface area contributed by atoms with Crippen molar-refractivity contribution in [2.75, 3.05) is 6.16 Å². The molecule has 0 aromatic carbocycles. The summed E-state index contributed by atoms with van der Waals surface area (Å²) in [5, 5.41) is 0. The molecule has 16 heavy (non-hydrogen) atoms. The molecule has 0 bridgehead atoms. The Labute approximate surface area is 96.9 Å². The lowest BCUT2D eigenvalue weighted by Crippen LogP contribution is -2.10. The Bertz CT molecular complexity index is 299. The van der Waals surface area contributed by atoms with E-state index in [0.717, 1.165) is 12.8 Å². The highest BCUT2D eigenvalue weighted by molar-refractivity contribution is 7.52. The minimum Gasteiger partial charge on any atom is -0.324 e. The second kappa shape index (κ2) is 7.00. The molecule has 0 aliphatic carbocycles. The molecule has 0 aliphatic rings. The van der Waals surface area contributed by atoms with Crippen LogP contribution in [0.4, 0.5) is 0 Å². The molecular weight excluding hydrogens is 227 g/mol. The Balaban J connectivity index is 3.88. The number of hydrogen-bond donors (Lipinski definition) is 2. The van der Waals surface area contributed by atoms with Crippen molar-refractivity contribution < 1.29 is 19.1 Å². The van der Waals surface area contributed by atoms with Crippen molar-refractivity contribution in [1.29, 1.82) is 0 Å². The summed E-state index contributed by atoms with van der Waals surface area (Å²) < 4.78 is 10.6. The standard InChI is InChI=1S/C11H21O4P/c1-9(2)5-4-6-10(3)7-11(12)8-16(13,14)15/h5,10H,4,6-8H2,1-3H3,(H2,13,14,15)/t10-/m1/s1. The fourth-order valence-corrected chi connectivity index (χ4v) is 2.03. The van der Waals surface area contributed by atoms with Crippen LogP contribution in [0.25, 0.3) is 0 Å². The quantitative estimate of drug-likeness (QED) is 0.536. The van der Waals surface area contributed by atoms with E-state index in [4.69, 9.17) is 9.79 Å². The van der Waals surface area contributed by atoms with E-state index in [1.165, 1.54) is 5.57 Å². The van der Waals surface area contributed by atoms with Gasteiger partial charge in [-0.15, -0.1) is 0 Å². The minimum absolute atomic E-state index is 0.176. The summed E-state index contributed by atoms with van der Waals surface area (Å²) in [4.78, 5) is 28.5. The van der Waals surface area contributed by atoms with E-state index in [1.807, 2.05) is 20.8 Å². The number of rotatable bonds is 7. The van der Waals surface area contributed by atoms with E-state index >= 15 is 0 Å². The van der Waals surface area contributed by atoms with Crippen LogP contribution in [0, 0.1) is 5.92 Å². The lowest BCUT2D eigenvalue weighted by Gasteiger charge is -2.09. The molecule has 0 radical (unpaired) electrons. The van der Waals surface area contributed by atoms with Gasteiger partial charge in [-0.25, -0.2) is 0 Å². The molecule has 0 heterocycles. The summed E-state index contributed by atoms with van der Waals surface area (Å²) in [6.07, 6.45) is 3.51. The largest absolute Gasteiger partial charge is 0.332 e. The molecule has 0 rings (SSSR count). The monoisotopic (exact) mass is 248 g/mol. The van der Waals surface area contributed by atoms with E-state index < -0.39 is 13.8 Å². The zero-order valence-electron chi connectivity index (χ0n) is 10.1. The molecule has 5 heteroatoms. The maximum absolute atomic E-state index is 11.3. The number of hydrogen-bond acceptors (Lipinski definition) is 2. The van der Waals surface area contributed by atoms with Crippen LogP contribution >= 0.6 is 7.60 Å². The molecule has 94 valence electrons. The first-order chi connectivity index (χ1) is 7.20. The van der Waals surface area contributed by atoms with Gasteiger partial charge in [-0.1, -0.05) is 18.6 Å². The summed E-state index contributed by atoms with van der Waals surface area (Å²) in [6.45, 7) is 5.96. The molecule has 2 N–H and O–H groups in total. The van der Waals surface area contributed by atoms with E-state index in [0.29, 0.717) is 0 Å². The summed E-state index contributed by atoms with van der Waals surface area (Å²) in [7, 11) is -4.18. The molecule has 0 unspecified atom stereocenters. The predicted octanol–water partition coefficient (Wildman–Crippen LogP) is 2.51. The third-order valence-electron chi connectivity index (χ3n) is 2.17. The summed E-state index contributed by atoms with van der Waals surface area (Å²) >= 11 is 0. The Morgan fingerprint density at radius 2 is 1.94 bits per heavy atom. The Morgan fingerprint density at radius 3 is 2.38 bits per heavy atom. The second-order valence-corrected chi connectivity index (χ2v) is 6.18. The molecule has 0 fully saturated rings. The highest BCUT2D eigenvalue weighted by Crippen LogP contribution is 2.34. The number of carbonyl (C=O) groups excluding carboxylic acids is 1. The van der Waals surface area contributed by atoms with Crippen molar-refractivity contribution >= 4 is 13.4 Å². The molecule has 0 aromatic heterocycles. The normalized spacial score (nSPS) is 13.3. The van der Waals surface area contributed by atoms with Gasteiger partial charge in [-0.2, -0.15) is 0 Å². The average Bonchev–Trinajstić information content (AvgIpc) is 1.98. The molecule has 0 spiro atoms. The molecule has 0 aliphatic heterocycles. The van der Waals surface area contributed by atoms with Crippen LogP contribution in [-0.4, -0.2) is 21.7 Å². The van der Waals surface area contributed by atoms with Crippen molar-refractivity contribution in [2.45, 2.75) is 40.0 Å². The molecule has 4 nitrogen and oxygen atoms in total. The van der Waals surface area contributed by atoms with Crippen LogP contribution < -0.4 is 0 Å². The van der Waals surface area contributed by atoms with Gasteiger partial charge in [-0.3, -0.25) is 9.36 Å². The van der Waals surface area contributed by atoms with Gasteiger partial charge in [-0.05, 0) is 32.6 Å². The first-order valence-corrected chi connectivity index (χ1v) is 7.20. The van der Waals surface area contributed by atoms with Gasteiger partial charge in [0.2, 0.25) is 0 Å². The fourth-order valence-electron chi connectivity index (χ4n) is 1.44. The van der Waals surface area contributed by atoms with Crippen molar-refractivity contribution in [3.8, 4) is 0 Å². The zero-order valence-corrected chi connectivity index (χ0v) is 11.0. The lowest BCUT2D eigenvalue weighted by molar-refractivity contribution is -0.117. The average molecular weight is 248 g/mol. The number of carbonyl (C=O) groups is 1. The van der Waals surface area contributed by atoms with Crippen LogP contribution in [0.2, 0.25) is 0 Å². The highest BCUT2D eigenvalue weighted by atomic mass is 31.2. The molecule has 1 atom stereocenters. The highest BCUT2D eigenvalue weighted by Gasteiger charge is 2.20. The third kappa shape index (κ3) is 10.1. The van der Waals surface area contributed by atoms with E-state index in [2.05, 4.69) is 6.08 Å². The van der Waals surface area contributed by atoms with Gasteiger partial charge in [0.25, 0.3) is 0 Å². The van der Waals surface area contributed by atoms with Gasteiger partial charge in [0, 0.05) is 6.42 Å². The Morgan fingerprint density at radius 1 is 1.38 bits per heavy atom. The topological polar surface area (TPSA) is 74.6 Å². The minimum atomic E-state index is -4.18. The van der Waals surface area contributed by atoms with Crippen LogP contribution in [-0.2, 0) is 9.36 Å². The van der Waals surface area contributed by atoms with Crippen LogP contribution in [0.1, 0.15) is 40.0 Å². The first kappa shape index (κ1) is 15.6. The van der Waals surface area contributed by atoms with Crippen LogP contribution in [0.3, 0.4) is 0 Å². The van der Waals surface area contributed by atoms with Crippen molar-refractivity contribution in [3.05, 3.63) is 11.6 Å². The van der Waals surface area contributed by atoms with E-state index in [1.54, 1.807) is 0 Å². The van der Waals surface area contributed by atoms with Gasteiger partial charge in [0.15, 0.2) is 0 Å². The molecule has 0 amide bonds. The van der Waals surface area contributed by atoms with Crippen molar-refractivity contribution in [2.24, 2.45) is 5.92 Å². The molecule has 0 saturated carbocycles. The van der Waals surface area contributed by atoms with Gasteiger partial charge >= 0.3 is 7.60 Å². The lowest BCUT2D eigenvalue weighted by atomic mass is 9.99. The molecule has 0 saturated heterocycles. The van der Waals surface area contributed by atoms with E-state index in [9.17, 15) is 9.36 Å². The summed E-state index contributed by atoms with van der Waals surface area (Å²) in [5.41, 5.74) is 1.24. The summed E-state index contributed by atoms with van der Waals surface area (Å²) in [5.74, 6) is -0.173. The smallest absolute Gasteiger partial charge is 0.324 e. The van der Waals surface area contributed by atoms with Gasteiger partial charge < -0.3 is 9.79 Å². The second-order valence-electron chi connectivity index (χ2n) is 4.53. The zero-order chi connectivity index (χ0) is 12.8. The van der Waals surface area contributed by atoms with Crippen LogP contribution in [0.5, 0.6) is 0 Å². The third-order valence-corrected chi connectivity index (χ3v) is 2.94. The fraction of sp³-hybridized carbons (Fsp3) is 0.727. The SMILES string of the molecule is CC(C)=CCC[C@@H](C)CC(=O)CP(=O)(O)O. The van der Waals surface area contributed by atoms with Crippen molar-refractivity contribution in [3.63, 3.8) is 0 Å². The van der Waals surface area contributed by atoms with E-state index in [-0.39, 0.29) is 18.1 Å². The maximum Gasteiger partial charge on any atom is 0.332 e. The number of Topliss-reactive ketones (excluding diaryl/α,β-unsaturated/α-hetero) is 1. The van der Waals surface area contributed by atoms with Crippen LogP contribution in [0.15, 0.2) is 11.6 Å². The number of ketones is 1. The Hall–Kier alpha value is -0.440. The summed E-state index contributed by atoms with van der Waals surface area (Å²) in [6, 6.07) is 0. The maximum atomic E-state index is 11.3.